The van der Waals surface area contributed by atoms with Gasteiger partial charge >= 0.3 is 5.97 Å². The lowest BCUT2D eigenvalue weighted by molar-refractivity contribution is -0.140. The number of aryl methyl sites for hydroxylation is 1. The Bertz CT molecular complexity index is 516. The molecule has 1 aromatic heterocycles. The number of piperidine rings is 1. The Balaban J connectivity index is 1.88. The first-order valence-electron chi connectivity index (χ1n) is 8.05. The molecule has 0 aliphatic carbocycles. The van der Waals surface area contributed by atoms with E-state index in [9.17, 15) is 9.59 Å². The van der Waals surface area contributed by atoms with Gasteiger partial charge in [-0.25, -0.2) is 4.79 Å². The quantitative estimate of drug-likeness (QED) is 0.847. The third kappa shape index (κ3) is 3.87. The van der Waals surface area contributed by atoms with Gasteiger partial charge < -0.3 is 9.64 Å². The normalized spacial score (nSPS) is 21.7. The smallest absolute Gasteiger partial charge is 0.359 e. The van der Waals surface area contributed by atoms with Crippen molar-refractivity contribution in [1.29, 1.82) is 0 Å². The SMILES string of the molecule is CCCc1cc(C(=O)OCC(=O)N2C(C)CCCC2C)n[nH]1. The molecule has 0 radical (unpaired) electrons. The zero-order valence-corrected chi connectivity index (χ0v) is 13.6. The molecule has 0 spiro atoms. The van der Waals surface area contributed by atoms with Gasteiger partial charge in [0.05, 0.1) is 0 Å². The van der Waals surface area contributed by atoms with E-state index in [-0.39, 0.29) is 30.3 Å². The highest BCUT2D eigenvalue weighted by atomic mass is 16.5. The van der Waals surface area contributed by atoms with Gasteiger partial charge in [0, 0.05) is 17.8 Å². The molecule has 0 aromatic carbocycles. The molecule has 1 saturated heterocycles. The van der Waals surface area contributed by atoms with Crippen molar-refractivity contribution in [1.82, 2.24) is 15.1 Å². The third-order valence-electron chi connectivity index (χ3n) is 4.17. The number of rotatable bonds is 5. The van der Waals surface area contributed by atoms with Gasteiger partial charge in [0.1, 0.15) is 0 Å². The molecule has 2 rings (SSSR count). The molecule has 122 valence electrons. The minimum atomic E-state index is -0.552. The second-order valence-electron chi connectivity index (χ2n) is 6.03. The summed E-state index contributed by atoms with van der Waals surface area (Å²) < 4.78 is 5.12. The molecule has 2 unspecified atom stereocenters. The summed E-state index contributed by atoms with van der Waals surface area (Å²) in [6, 6.07) is 2.09. The van der Waals surface area contributed by atoms with Crippen LogP contribution in [0.5, 0.6) is 0 Å². The summed E-state index contributed by atoms with van der Waals surface area (Å²) >= 11 is 0. The fourth-order valence-electron chi connectivity index (χ4n) is 3.05. The highest BCUT2D eigenvalue weighted by Crippen LogP contribution is 2.22. The Labute approximate surface area is 131 Å². The van der Waals surface area contributed by atoms with Crippen LogP contribution < -0.4 is 0 Å². The molecule has 1 N–H and O–H groups in total. The van der Waals surface area contributed by atoms with Crippen molar-refractivity contribution in [3.63, 3.8) is 0 Å². The number of aromatic nitrogens is 2. The van der Waals surface area contributed by atoms with Gasteiger partial charge in [-0.3, -0.25) is 9.89 Å². The van der Waals surface area contributed by atoms with E-state index in [0.717, 1.165) is 37.8 Å². The maximum Gasteiger partial charge on any atom is 0.359 e. The molecule has 22 heavy (non-hydrogen) atoms. The summed E-state index contributed by atoms with van der Waals surface area (Å²) in [7, 11) is 0. The molecule has 1 amide bonds. The van der Waals surface area contributed by atoms with Crippen LogP contribution >= 0.6 is 0 Å². The van der Waals surface area contributed by atoms with Crippen molar-refractivity contribution in [2.75, 3.05) is 6.61 Å². The second kappa shape index (κ2) is 7.42. The largest absolute Gasteiger partial charge is 0.451 e. The van der Waals surface area contributed by atoms with Crippen LogP contribution in [-0.2, 0) is 16.0 Å². The van der Waals surface area contributed by atoms with Gasteiger partial charge in [0.2, 0.25) is 0 Å². The number of ether oxygens (including phenoxy) is 1. The first-order chi connectivity index (χ1) is 10.5. The summed E-state index contributed by atoms with van der Waals surface area (Å²) in [5.41, 5.74) is 1.13. The number of likely N-dealkylation sites (tertiary alicyclic amines) is 1. The summed E-state index contributed by atoms with van der Waals surface area (Å²) in [4.78, 5) is 26.1. The molecule has 1 fully saturated rings. The Morgan fingerprint density at radius 3 is 2.68 bits per heavy atom. The Hall–Kier alpha value is -1.85. The summed E-state index contributed by atoms with van der Waals surface area (Å²) in [6.45, 7) is 5.92. The molecule has 1 aliphatic heterocycles. The molecular weight excluding hydrogens is 282 g/mol. The van der Waals surface area contributed by atoms with Gasteiger partial charge in [0.25, 0.3) is 5.91 Å². The number of amides is 1. The van der Waals surface area contributed by atoms with Crippen molar-refractivity contribution in [3.8, 4) is 0 Å². The van der Waals surface area contributed by atoms with Gasteiger partial charge in [-0.15, -0.1) is 0 Å². The Kier molecular flexibility index (Phi) is 5.57. The average molecular weight is 307 g/mol. The van der Waals surface area contributed by atoms with Crippen LogP contribution in [0.1, 0.15) is 62.6 Å². The number of H-pyrrole nitrogens is 1. The fourth-order valence-corrected chi connectivity index (χ4v) is 3.05. The van der Waals surface area contributed by atoms with Gasteiger partial charge in [0.15, 0.2) is 12.3 Å². The lowest BCUT2D eigenvalue weighted by atomic mass is 9.97. The molecule has 1 aromatic rings. The number of hydrogen-bond acceptors (Lipinski definition) is 4. The average Bonchev–Trinajstić information content (AvgIpc) is 2.93. The number of esters is 1. The first-order valence-corrected chi connectivity index (χ1v) is 8.05. The Morgan fingerprint density at radius 2 is 2.05 bits per heavy atom. The maximum atomic E-state index is 12.3. The molecule has 2 heterocycles. The van der Waals surface area contributed by atoms with E-state index in [2.05, 4.69) is 17.1 Å². The van der Waals surface area contributed by atoms with Crippen molar-refractivity contribution >= 4 is 11.9 Å². The van der Waals surface area contributed by atoms with E-state index in [1.54, 1.807) is 6.07 Å². The number of aromatic amines is 1. The lowest BCUT2D eigenvalue weighted by Gasteiger charge is -2.38. The van der Waals surface area contributed by atoms with Crippen molar-refractivity contribution in [2.45, 2.75) is 65.0 Å². The van der Waals surface area contributed by atoms with E-state index >= 15 is 0 Å². The molecule has 6 nitrogen and oxygen atoms in total. The number of nitrogens with zero attached hydrogens (tertiary/aromatic N) is 2. The van der Waals surface area contributed by atoms with Crippen LogP contribution in [0.4, 0.5) is 0 Å². The van der Waals surface area contributed by atoms with Crippen LogP contribution in [-0.4, -0.2) is 45.7 Å². The Morgan fingerprint density at radius 1 is 1.36 bits per heavy atom. The van der Waals surface area contributed by atoms with Crippen LogP contribution in [0.3, 0.4) is 0 Å². The topological polar surface area (TPSA) is 75.3 Å². The fraction of sp³-hybridized carbons (Fsp3) is 0.688. The van der Waals surface area contributed by atoms with Crippen LogP contribution in [0, 0.1) is 0 Å². The highest BCUT2D eigenvalue weighted by molar-refractivity contribution is 5.89. The predicted molar refractivity (Wildman–Crippen MR) is 82.5 cm³/mol. The minimum absolute atomic E-state index is 0.127. The predicted octanol–water partition coefficient (Wildman–Crippen LogP) is 2.31. The maximum absolute atomic E-state index is 12.3. The summed E-state index contributed by atoms with van der Waals surface area (Å²) in [5.74, 6) is -0.679. The van der Waals surface area contributed by atoms with E-state index in [4.69, 9.17) is 4.74 Å². The van der Waals surface area contributed by atoms with E-state index in [1.807, 2.05) is 18.7 Å². The van der Waals surface area contributed by atoms with Crippen LogP contribution in [0.25, 0.3) is 0 Å². The van der Waals surface area contributed by atoms with Crippen LogP contribution in [0.15, 0.2) is 6.07 Å². The van der Waals surface area contributed by atoms with Crippen molar-refractivity contribution < 1.29 is 14.3 Å². The number of nitrogens with one attached hydrogen (secondary N) is 1. The van der Waals surface area contributed by atoms with Gasteiger partial charge in [-0.05, 0) is 45.6 Å². The molecule has 1 aliphatic rings. The van der Waals surface area contributed by atoms with E-state index in [0.29, 0.717) is 0 Å². The zero-order chi connectivity index (χ0) is 16.1. The molecular formula is C16H25N3O3. The minimum Gasteiger partial charge on any atom is -0.451 e. The second-order valence-corrected chi connectivity index (χ2v) is 6.03. The molecule has 0 saturated carbocycles. The number of carbonyl (C=O) groups is 2. The van der Waals surface area contributed by atoms with Crippen LogP contribution in [0.2, 0.25) is 0 Å². The standard InChI is InChI=1S/C16H25N3O3/c1-4-6-13-9-14(18-17-13)16(21)22-10-15(20)19-11(2)7-5-8-12(19)3/h9,11-12H,4-8,10H2,1-3H3,(H,17,18). The lowest BCUT2D eigenvalue weighted by Crippen LogP contribution is -2.49. The van der Waals surface area contributed by atoms with Gasteiger partial charge in [-0.1, -0.05) is 13.3 Å². The molecule has 2 atom stereocenters. The zero-order valence-electron chi connectivity index (χ0n) is 13.6. The molecule has 6 heteroatoms. The first kappa shape index (κ1) is 16.5. The summed E-state index contributed by atoms with van der Waals surface area (Å²) in [5, 5.41) is 6.74. The van der Waals surface area contributed by atoms with Crippen molar-refractivity contribution in [3.05, 3.63) is 17.5 Å². The van der Waals surface area contributed by atoms with Gasteiger partial charge in [-0.2, -0.15) is 5.10 Å². The molecule has 0 bridgehead atoms. The number of hydrogen-bond donors (Lipinski definition) is 1. The number of carbonyl (C=O) groups excluding carboxylic acids is 2. The van der Waals surface area contributed by atoms with Crippen molar-refractivity contribution in [2.24, 2.45) is 0 Å². The highest BCUT2D eigenvalue weighted by Gasteiger charge is 2.29. The monoisotopic (exact) mass is 307 g/mol. The third-order valence-corrected chi connectivity index (χ3v) is 4.17. The van der Waals surface area contributed by atoms with E-state index < -0.39 is 5.97 Å². The van der Waals surface area contributed by atoms with E-state index in [1.165, 1.54) is 0 Å². The summed E-state index contributed by atoms with van der Waals surface area (Å²) in [6.07, 6.45) is 4.95.